The first-order chi connectivity index (χ1) is 10.2. The monoisotopic (exact) mass is 287 g/mol. The molecule has 0 aliphatic rings. The second-order valence-corrected chi connectivity index (χ2v) is 5.11. The van der Waals surface area contributed by atoms with E-state index < -0.39 is 0 Å². The van der Waals surface area contributed by atoms with E-state index in [0.29, 0.717) is 0 Å². The third-order valence-electron chi connectivity index (χ3n) is 3.68. The van der Waals surface area contributed by atoms with Crippen molar-refractivity contribution in [2.75, 3.05) is 7.05 Å². The molecule has 0 spiro atoms. The van der Waals surface area contributed by atoms with Crippen LogP contribution in [0.15, 0.2) is 48.5 Å². The summed E-state index contributed by atoms with van der Waals surface area (Å²) in [5, 5.41) is 3.25. The van der Waals surface area contributed by atoms with Gasteiger partial charge in [-0.25, -0.2) is 4.39 Å². The Kier molecular flexibility index (Phi) is 5.34. The molecule has 2 nitrogen and oxygen atoms in total. The second kappa shape index (κ2) is 7.23. The van der Waals surface area contributed by atoms with Gasteiger partial charge in [0.25, 0.3) is 0 Å². The average molecular weight is 287 g/mol. The maximum absolute atomic E-state index is 13.7. The van der Waals surface area contributed by atoms with Crippen LogP contribution in [0.25, 0.3) is 0 Å². The summed E-state index contributed by atoms with van der Waals surface area (Å²) in [6.07, 6.45) is 0.838. The fraction of sp³-hybridized carbons (Fsp3) is 0.333. The number of benzene rings is 2. The van der Waals surface area contributed by atoms with Gasteiger partial charge in [-0.05, 0) is 43.7 Å². The van der Waals surface area contributed by atoms with Gasteiger partial charge in [-0.15, -0.1) is 0 Å². The smallest absolute Gasteiger partial charge is 0.165 e. The molecule has 2 aromatic carbocycles. The standard InChI is InChI=1S/C18H22FNO/c1-4-14-9-11-15(12-10-14)18(20-3)13(2)21-17-8-6-5-7-16(17)19/h5-13,18,20H,4H2,1-3H3. The van der Waals surface area contributed by atoms with Crippen molar-refractivity contribution in [1.29, 1.82) is 0 Å². The van der Waals surface area contributed by atoms with E-state index in [-0.39, 0.29) is 23.7 Å². The van der Waals surface area contributed by atoms with Crippen molar-refractivity contribution in [2.45, 2.75) is 32.4 Å². The van der Waals surface area contributed by atoms with E-state index in [4.69, 9.17) is 4.74 Å². The van der Waals surface area contributed by atoms with Gasteiger partial charge in [0, 0.05) is 0 Å². The minimum Gasteiger partial charge on any atom is -0.486 e. The zero-order chi connectivity index (χ0) is 15.2. The molecule has 1 N–H and O–H groups in total. The number of hydrogen-bond acceptors (Lipinski definition) is 2. The molecule has 0 heterocycles. The molecule has 0 aromatic heterocycles. The van der Waals surface area contributed by atoms with Crippen LogP contribution in [0.1, 0.15) is 31.0 Å². The molecule has 112 valence electrons. The molecule has 0 amide bonds. The van der Waals surface area contributed by atoms with Crippen LogP contribution in [0, 0.1) is 5.82 Å². The minimum atomic E-state index is -0.333. The van der Waals surface area contributed by atoms with E-state index >= 15 is 0 Å². The lowest BCUT2D eigenvalue weighted by atomic mass is 10.0. The van der Waals surface area contributed by atoms with Crippen LogP contribution in [-0.4, -0.2) is 13.2 Å². The lowest BCUT2D eigenvalue weighted by molar-refractivity contribution is 0.168. The fourth-order valence-corrected chi connectivity index (χ4v) is 2.44. The molecule has 2 atom stereocenters. The number of rotatable bonds is 6. The van der Waals surface area contributed by atoms with Crippen molar-refractivity contribution in [3.8, 4) is 5.75 Å². The zero-order valence-corrected chi connectivity index (χ0v) is 12.8. The quantitative estimate of drug-likeness (QED) is 0.863. The number of halogens is 1. The molecular formula is C18H22FNO. The van der Waals surface area contributed by atoms with Crippen molar-refractivity contribution in [2.24, 2.45) is 0 Å². The highest BCUT2D eigenvalue weighted by Crippen LogP contribution is 2.24. The largest absolute Gasteiger partial charge is 0.486 e. The van der Waals surface area contributed by atoms with Gasteiger partial charge in [-0.3, -0.25) is 0 Å². The number of para-hydroxylation sites is 1. The highest BCUT2D eigenvalue weighted by molar-refractivity contribution is 5.27. The Morgan fingerprint density at radius 1 is 1.10 bits per heavy atom. The van der Waals surface area contributed by atoms with Crippen LogP contribution in [0.2, 0.25) is 0 Å². The first-order valence-electron chi connectivity index (χ1n) is 7.33. The third kappa shape index (κ3) is 3.82. The summed E-state index contributed by atoms with van der Waals surface area (Å²) in [4.78, 5) is 0. The van der Waals surface area contributed by atoms with E-state index in [1.165, 1.54) is 11.6 Å². The van der Waals surface area contributed by atoms with Crippen LogP contribution < -0.4 is 10.1 Å². The van der Waals surface area contributed by atoms with Crippen LogP contribution >= 0.6 is 0 Å². The molecule has 0 saturated heterocycles. The molecule has 0 bridgehead atoms. The molecule has 0 fully saturated rings. The molecule has 0 aliphatic carbocycles. The van der Waals surface area contributed by atoms with Gasteiger partial charge >= 0.3 is 0 Å². The molecule has 0 aliphatic heterocycles. The van der Waals surface area contributed by atoms with Crippen LogP contribution in [-0.2, 0) is 6.42 Å². The maximum Gasteiger partial charge on any atom is 0.165 e. The summed E-state index contributed by atoms with van der Waals surface area (Å²) in [6, 6.07) is 14.9. The maximum atomic E-state index is 13.7. The van der Waals surface area contributed by atoms with E-state index in [0.717, 1.165) is 12.0 Å². The van der Waals surface area contributed by atoms with Gasteiger partial charge in [0.1, 0.15) is 6.10 Å². The molecular weight excluding hydrogens is 265 g/mol. The Bertz CT molecular complexity index is 568. The summed E-state index contributed by atoms with van der Waals surface area (Å²) in [6.45, 7) is 4.08. The predicted molar refractivity (Wildman–Crippen MR) is 84.1 cm³/mol. The number of aryl methyl sites for hydroxylation is 1. The second-order valence-electron chi connectivity index (χ2n) is 5.11. The molecule has 3 heteroatoms. The number of nitrogens with one attached hydrogen (secondary N) is 1. The topological polar surface area (TPSA) is 21.3 Å². The number of ether oxygens (including phenoxy) is 1. The Morgan fingerprint density at radius 2 is 1.76 bits per heavy atom. The Balaban J connectivity index is 2.14. The van der Waals surface area contributed by atoms with Crippen molar-refractivity contribution in [1.82, 2.24) is 5.32 Å². The molecule has 21 heavy (non-hydrogen) atoms. The minimum absolute atomic E-state index is 0.00973. The van der Waals surface area contributed by atoms with Crippen molar-refractivity contribution in [3.63, 3.8) is 0 Å². The van der Waals surface area contributed by atoms with E-state index in [1.807, 2.05) is 14.0 Å². The Hall–Kier alpha value is -1.87. The van der Waals surface area contributed by atoms with Gasteiger partial charge in [-0.2, -0.15) is 0 Å². The Labute approximate surface area is 126 Å². The van der Waals surface area contributed by atoms with Crippen LogP contribution in [0.5, 0.6) is 5.75 Å². The molecule has 0 saturated carbocycles. The lowest BCUT2D eigenvalue weighted by Crippen LogP contribution is -2.31. The third-order valence-corrected chi connectivity index (χ3v) is 3.68. The summed E-state index contributed by atoms with van der Waals surface area (Å²) in [7, 11) is 1.89. The molecule has 2 aromatic rings. The Morgan fingerprint density at radius 3 is 2.33 bits per heavy atom. The van der Waals surface area contributed by atoms with Gasteiger partial charge in [0.05, 0.1) is 6.04 Å². The van der Waals surface area contributed by atoms with E-state index in [1.54, 1.807) is 18.2 Å². The summed E-state index contributed by atoms with van der Waals surface area (Å²) in [5.74, 6) is -0.0454. The molecule has 2 unspecified atom stereocenters. The summed E-state index contributed by atoms with van der Waals surface area (Å²) in [5.41, 5.74) is 2.44. The van der Waals surface area contributed by atoms with Crippen molar-refractivity contribution >= 4 is 0 Å². The number of hydrogen-bond donors (Lipinski definition) is 1. The highest BCUT2D eigenvalue weighted by Gasteiger charge is 2.20. The normalized spacial score (nSPS) is 13.7. The number of likely N-dealkylation sites (N-methyl/N-ethyl adjacent to an activating group) is 1. The first kappa shape index (κ1) is 15.5. The van der Waals surface area contributed by atoms with Crippen molar-refractivity contribution < 1.29 is 9.13 Å². The van der Waals surface area contributed by atoms with Gasteiger partial charge in [0.15, 0.2) is 11.6 Å². The zero-order valence-electron chi connectivity index (χ0n) is 12.8. The summed E-state index contributed by atoms with van der Waals surface area (Å²) < 4.78 is 19.4. The van der Waals surface area contributed by atoms with Crippen LogP contribution in [0.4, 0.5) is 4.39 Å². The van der Waals surface area contributed by atoms with E-state index in [9.17, 15) is 4.39 Å². The molecule has 2 rings (SSSR count). The SMILES string of the molecule is CCc1ccc(C(NC)C(C)Oc2ccccc2F)cc1. The van der Waals surface area contributed by atoms with Gasteiger partial charge in [-0.1, -0.05) is 43.3 Å². The average Bonchev–Trinajstić information content (AvgIpc) is 2.51. The summed E-state index contributed by atoms with van der Waals surface area (Å²) >= 11 is 0. The van der Waals surface area contributed by atoms with Gasteiger partial charge < -0.3 is 10.1 Å². The van der Waals surface area contributed by atoms with Gasteiger partial charge in [0.2, 0.25) is 0 Å². The lowest BCUT2D eigenvalue weighted by Gasteiger charge is -2.25. The van der Waals surface area contributed by atoms with Crippen LogP contribution in [0.3, 0.4) is 0 Å². The van der Waals surface area contributed by atoms with E-state index in [2.05, 4.69) is 36.5 Å². The first-order valence-corrected chi connectivity index (χ1v) is 7.33. The fourth-order valence-electron chi connectivity index (χ4n) is 2.44. The predicted octanol–water partition coefficient (Wildman–Crippen LogP) is 4.12. The molecule has 0 radical (unpaired) electrons. The van der Waals surface area contributed by atoms with Crippen molar-refractivity contribution in [3.05, 3.63) is 65.5 Å². The highest BCUT2D eigenvalue weighted by atomic mass is 19.1.